The average molecular weight is 330 g/mol. The van der Waals surface area contributed by atoms with E-state index in [-0.39, 0.29) is 17.4 Å². The van der Waals surface area contributed by atoms with Crippen molar-refractivity contribution in [3.63, 3.8) is 0 Å². The third kappa shape index (κ3) is 3.95. The first-order valence-electron chi connectivity index (χ1n) is 7.89. The summed E-state index contributed by atoms with van der Waals surface area (Å²) >= 11 is 1.06. The zero-order chi connectivity index (χ0) is 16.3. The van der Waals surface area contributed by atoms with E-state index in [2.05, 4.69) is 57.1 Å². The maximum absolute atomic E-state index is 12.2. The number of amides is 1. The molecule has 6 heteroatoms. The Hall–Kier alpha value is -1.79. The Balaban J connectivity index is 1.60. The van der Waals surface area contributed by atoms with Crippen LogP contribution >= 0.6 is 11.7 Å². The Morgan fingerprint density at radius 3 is 2.83 bits per heavy atom. The number of nitrogens with zero attached hydrogens (tertiary/aromatic N) is 3. The first-order valence-corrected chi connectivity index (χ1v) is 8.62. The van der Waals surface area contributed by atoms with Gasteiger partial charge in [0.25, 0.3) is 5.91 Å². The SMILES string of the molecule is CC1(C)CN(Cc2ccccc2)CC[C@@H]1NC(=O)c1cnsn1. The van der Waals surface area contributed by atoms with Crippen LogP contribution in [0, 0.1) is 5.41 Å². The minimum atomic E-state index is -0.117. The van der Waals surface area contributed by atoms with Crippen LogP contribution in [0.5, 0.6) is 0 Å². The molecule has 1 aromatic carbocycles. The molecule has 1 fully saturated rings. The minimum Gasteiger partial charge on any atom is -0.347 e. The van der Waals surface area contributed by atoms with Crippen LogP contribution in [-0.4, -0.2) is 38.7 Å². The number of hydrogen-bond acceptors (Lipinski definition) is 5. The molecule has 122 valence electrons. The van der Waals surface area contributed by atoms with Crippen LogP contribution in [-0.2, 0) is 6.54 Å². The molecule has 0 spiro atoms. The van der Waals surface area contributed by atoms with Gasteiger partial charge in [0, 0.05) is 25.7 Å². The quantitative estimate of drug-likeness (QED) is 0.936. The van der Waals surface area contributed by atoms with Crippen molar-refractivity contribution < 1.29 is 4.79 Å². The molecule has 1 N–H and O–H groups in total. The van der Waals surface area contributed by atoms with Gasteiger partial charge in [-0.25, -0.2) is 0 Å². The Labute approximate surface area is 141 Å². The maximum atomic E-state index is 12.2. The summed E-state index contributed by atoms with van der Waals surface area (Å²) in [6, 6.07) is 10.7. The lowest BCUT2D eigenvalue weighted by atomic mass is 9.79. The van der Waals surface area contributed by atoms with E-state index in [1.54, 1.807) is 0 Å². The fourth-order valence-electron chi connectivity index (χ4n) is 3.21. The largest absolute Gasteiger partial charge is 0.347 e. The zero-order valence-electron chi connectivity index (χ0n) is 13.5. The summed E-state index contributed by atoms with van der Waals surface area (Å²) in [6.45, 7) is 7.34. The Morgan fingerprint density at radius 2 is 2.17 bits per heavy atom. The highest BCUT2D eigenvalue weighted by atomic mass is 32.1. The second-order valence-corrected chi connectivity index (χ2v) is 7.35. The molecule has 0 radical (unpaired) electrons. The molecule has 2 heterocycles. The van der Waals surface area contributed by atoms with Gasteiger partial charge in [0.2, 0.25) is 0 Å². The van der Waals surface area contributed by atoms with Crippen molar-refractivity contribution in [1.82, 2.24) is 19.0 Å². The molecule has 1 aliphatic heterocycles. The highest BCUT2D eigenvalue weighted by Crippen LogP contribution is 2.30. The van der Waals surface area contributed by atoms with E-state index in [1.807, 2.05) is 6.07 Å². The summed E-state index contributed by atoms with van der Waals surface area (Å²) in [7, 11) is 0. The van der Waals surface area contributed by atoms with Crippen molar-refractivity contribution in [2.24, 2.45) is 5.41 Å². The van der Waals surface area contributed by atoms with Gasteiger partial charge in [0.1, 0.15) is 0 Å². The molecule has 1 saturated heterocycles. The number of piperidine rings is 1. The average Bonchev–Trinajstić information content (AvgIpc) is 3.05. The van der Waals surface area contributed by atoms with Crippen LogP contribution in [0.1, 0.15) is 36.3 Å². The number of carbonyl (C=O) groups is 1. The van der Waals surface area contributed by atoms with Crippen LogP contribution in [0.25, 0.3) is 0 Å². The number of nitrogens with one attached hydrogen (secondary N) is 1. The molecule has 23 heavy (non-hydrogen) atoms. The molecule has 3 rings (SSSR count). The van der Waals surface area contributed by atoms with Gasteiger partial charge in [0.05, 0.1) is 17.9 Å². The van der Waals surface area contributed by atoms with Gasteiger partial charge in [-0.05, 0) is 17.4 Å². The maximum Gasteiger partial charge on any atom is 0.272 e. The van der Waals surface area contributed by atoms with Gasteiger partial charge in [-0.2, -0.15) is 8.75 Å². The highest BCUT2D eigenvalue weighted by molar-refractivity contribution is 6.99. The number of rotatable bonds is 4. The van der Waals surface area contributed by atoms with E-state index >= 15 is 0 Å². The lowest BCUT2D eigenvalue weighted by Gasteiger charge is -2.44. The Kier molecular flexibility index (Phi) is 4.73. The lowest BCUT2D eigenvalue weighted by Crippen LogP contribution is -2.55. The van der Waals surface area contributed by atoms with Crippen molar-refractivity contribution in [3.8, 4) is 0 Å². The molecular weight excluding hydrogens is 308 g/mol. The standard InChI is InChI=1S/C17H22N4OS/c1-17(2)12-21(11-13-6-4-3-5-7-13)9-8-15(17)19-16(22)14-10-18-23-20-14/h3-7,10,15H,8-9,11-12H2,1-2H3,(H,19,22)/t15-/m0/s1. The van der Waals surface area contributed by atoms with E-state index in [0.717, 1.165) is 37.8 Å². The summed E-state index contributed by atoms with van der Waals surface area (Å²) in [4.78, 5) is 14.7. The first kappa shape index (κ1) is 16.1. The number of aromatic nitrogens is 2. The van der Waals surface area contributed by atoms with E-state index in [4.69, 9.17) is 0 Å². The van der Waals surface area contributed by atoms with Gasteiger partial charge < -0.3 is 5.32 Å². The van der Waals surface area contributed by atoms with Crippen molar-refractivity contribution in [2.45, 2.75) is 32.9 Å². The summed E-state index contributed by atoms with van der Waals surface area (Å²) in [5, 5.41) is 3.13. The Morgan fingerprint density at radius 1 is 1.39 bits per heavy atom. The van der Waals surface area contributed by atoms with E-state index < -0.39 is 0 Å². The smallest absolute Gasteiger partial charge is 0.272 e. The van der Waals surface area contributed by atoms with Crippen molar-refractivity contribution in [3.05, 3.63) is 47.8 Å². The minimum absolute atomic E-state index is 0.0200. The molecular formula is C17H22N4OS. The summed E-state index contributed by atoms with van der Waals surface area (Å²) in [5.41, 5.74) is 1.77. The summed E-state index contributed by atoms with van der Waals surface area (Å²) in [5.74, 6) is -0.117. The molecule has 1 aromatic heterocycles. The van der Waals surface area contributed by atoms with Crippen LogP contribution in [0.2, 0.25) is 0 Å². The summed E-state index contributed by atoms with van der Waals surface area (Å²) in [6.07, 6.45) is 2.47. The molecule has 1 amide bonds. The predicted molar refractivity (Wildman–Crippen MR) is 91.3 cm³/mol. The van der Waals surface area contributed by atoms with Gasteiger partial charge in [-0.1, -0.05) is 44.2 Å². The third-order valence-electron chi connectivity index (χ3n) is 4.46. The summed E-state index contributed by atoms with van der Waals surface area (Å²) < 4.78 is 7.90. The van der Waals surface area contributed by atoms with Gasteiger partial charge in [0.15, 0.2) is 5.69 Å². The fraction of sp³-hybridized carbons (Fsp3) is 0.471. The second kappa shape index (κ2) is 6.76. The van der Waals surface area contributed by atoms with Crippen molar-refractivity contribution in [2.75, 3.05) is 13.1 Å². The van der Waals surface area contributed by atoms with Crippen molar-refractivity contribution >= 4 is 17.6 Å². The molecule has 0 saturated carbocycles. The van der Waals surface area contributed by atoms with Gasteiger partial charge >= 0.3 is 0 Å². The van der Waals surface area contributed by atoms with Crippen LogP contribution in [0.4, 0.5) is 0 Å². The van der Waals surface area contributed by atoms with Crippen molar-refractivity contribution in [1.29, 1.82) is 0 Å². The molecule has 0 aliphatic carbocycles. The predicted octanol–water partition coefficient (Wildman–Crippen LogP) is 2.57. The topological polar surface area (TPSA) is 58.1 Å². The zero-order valence-corrected chi connectivity index (χ0v) is 14.3. The fourth-order valence-corrected chi connectivity index (χ4v) is 3.62. The van der Waals surface area contributed by atoms with E-state index in [0.29, 0.717) is 5.69 Å². The highest BCUT2D eigenvalue weighted by Gasteiger charge is 2.37. The number of benzene rings is 1. The molecule has 1 atom stereocenters. The number of likely N-dealkylation sites (tertiary alicyclic amines) is 1. The van der Waals surface area contributed by atoms with Crippen LogP contribution < -0.4 is 5.32 Å². The van der Waals surface area contributed by atoms with Gasteiger partial charge in [-0.15, -0.1) is 0 Å². The molecule has 0 bridgehead atoms. The second-order valence-electron chi connectivity index (χ2n) is 6.79. The van der Waals surface area contributed by atoms with Gasteiger partial charge in [-0.3, -0.25) is 9.69 Å². The normalized spacial score (nSPS) is 21.0. The molecule has 1 aliphatic rings. The number of carbonyl (C=O) groups excluding carboxylic acids is 1. The van der Waals surface area contributed by atoms with Crippen LogP contribution in [0.3, 0.4) is 0 Å². The third-order valence-corrected chi connectivity index (χ3v) is 4.93. The van der Waals surface area contributed by atoms with E-state index in [1.165, 1.54) is 11.8 Å². The van der Waals surface area contributed by atoms with Crippen LogP contribution in [0.15, 0.2) is 36.5 Å². The number of hydrogen-bond donors (Lipinski definition) is 1. The molecule has 0 unspecified atom stereocenters. The monoisotopic (exact) mass is 330 g/mol. The molecule has 5 nitrogen and oxygen atoms in total. The van der Waals surface area contributed by atoms with E-state index in [9.17, 15) is 4.79 Å². The molecule has 2 aromatic rings. The Bertz CT molecular complexity index is 642. The lowest BCUT2D eigenvalue weighted by molar-refractivity contribution is 0.0614. The first-order chi connectivity index (χ1) is 11.0.